The van der Waals surface area contributed by atoms with Gasteiger partial charge in [0.05, 0.1) is 13.2 Å². The predicted molar refractivity (Wildman–Crippen MR) is 73.2 cm³/mol. The molecular formula is C14H20O8. The van der Waals surface area contributed by atoms with Crippen LogP contribution in [0.1, 0.15) is 5.56 Å². The lowest BCUT2D eigenvalue weighted by atomic mass is 9.99. The van der Waals surface area contributed by atoms with E-state index in [2.05, 4.69) is 0 Å². The highest BCUT2D eigenvalue weighted by atomic mass is 16.7. The van der Waals surface area contributed by atoms with Gasteiger partial charge in [-0.3, -0.25) is 0 Å². The van der Waals surface area contributed by atoms with E-state index in [1.54, 1.807) is 6.07 Å². The molecule has 22 heavy (non-hydrogen) atoms. The summed E-state index contributed by atoms with van der Waals surface area (Å²) in [6, 6.07) is 4.33. The fraction of sp³-hybridized carbons (Fsp3) is 0.571. The topological polar surface area (TPSA) is 140 Å². The molecule has 8 nitrogen and oxygen atoms in total. The van der Waals surface area contributed by atoms with Gasteiger partial charge < -0.3 is 40.1 Å². The minimum atomic E-state index is -1.48. The predicted octanol–water partition coefficient (Wildman–Crippen LogP) is -1.54. The van der Waals surface area contributed by atoms with Crippen LogP contribution in [0.5, 0.6) is 11.5 Å². The van der Waals surface area contributed by atoms with Crippen molar-refractivity contribution in [3.05, 3.63) is 23.8 Å². The highest BCUT2D eigenvalue weighted by Gasteiger charge is 2.43. The first-order valence-electron chi connectivity index (χ1n) is 6.87. The Morgan fingerprint density at radius 3 is 2.36 bits per heavy atom. The van der Waals surface area contributed by atoms with Crippen LogP contribution in [0.3, 0.4) is 0 Å². The number of phenolic OH excluding ortho intramolecular Hbond substituents is 2. The molecule has 2 rings (SSSR count). The van der Waals surface area contributed by atoms with Crippen molar-refractivity contribution in [1.82, 2.24) is 0 Å². The molecule has 2 unspecified atom stereocenters. The first-order chi connectivity index (χ1) is 10.4. The highest BCUT2D eigenvalue weighted by molar-refractivity contribution is 5.40. The maximum absolute atomic E-state index is 9.78. The number of phenols is 2. The number of aromatic hydroxyl groups is 2. The van der Waals surface area contributed by atoms with Crippen molar-refractivity contribution in [2.75, 3.05) is 13.2 Å². The van der Waals surface area contributed by atoms with Crippen molar-refractivity contribution in [3.8, 4) is 11.5 Å². The summed E-state index contributed by atoms with van der Waals surface area (Å²) in [4.78, 5) is 0. The zero-order valence-electron chi connectivity index (χ0n) is 11.7. The molecule has 1 saturated heterocycles. The van der Waals surface area contributed by atoms with Crippen LogP contribution in [0.25, 0.3) is 0 Å². The monoisotopic (exact) mass is 316 g/mol. The van der Waals surface area contributed by atoms with Gasteiger partial charge in [0.1, 0.15) is 24.4 Å². The van der Waals surface area contributed by atoms with E-state index >= 15 is 0 Å². The molecule has 0 spiro atoms. The molecule has 0 saturated carbocycles. The van der Waals surface area contributed by atoms with E-state index < -0.39 is 37.3 Å². The molecule has 8 heteroatoms. The van der Waals surface area contributed by atoms with E-state index in [-0.39, 0.29) is 18.1 Å². The van der Waals surface area contributed by atoms with Crippen molar-refractivity contribution >= 4 is 0 Å². The molecule has 0 aromatic heterocycles. The molecule has 1 aromatic carbocycles. The van der Waals surface area contributed by atoms with Gasteiger partial charge >= 0.3 is 0 Å². The van der Waals surface area contributed by atoms with E-state index in [0.29, 0.717) is 12.0 Å². The van der Waals surface area contributed by atoms with E-state index in [0.717, 1.165) is 0 Å². The first kappa shape index (κ1) is 16.9. The Morgan fingerprint density at radius 2 is 1.73 bits per heavy atom. The third kappa shape index (κ3) is 3.67. The standard InChI is InChI=1S/C14H20O8/c15-6-10-11(18)12(19)13(20)14(22-10)21-4-3-7-1-2-8(16)9(17)5-7/h1-2,5,10-20H,3-4,6H2/t10?,11-,12-,13?,14-/m1/s1. The number of hydrogen-bond acceptors (Lipinski definition) is 8. The summed E-state index contributed by atoms with van der Waals surface area (Å²) >= 11 is 0. The molecule has 6 N–H and O–H groups in total. The van der Waals surface area contributed by atoms with E-state index in [1.165, 1.54) is 12.1 Å². The van der Waals surface area contributed by atoms with Crippen LogP contribution in [0.15, 0.2) is 18.2 Å². The highest BCUT2D eigenvalue weighted by Crippen LogP contribution is 2.25. The molecule has 1 heterocycles. The van der Waals surface area contributed by atoms with Crippen LogP contribution in [-0.2, 0) is 15.9 Å². The number of benzene rings is 1. The Bertz CT molecular complexity index is 492. The van der Waals surface area contributed by atoms with Crippen LogP contribution in [-0.4, -0.2) is 74.6 Å². The van der Waals surface area contributed by atoms with Crippen molar-refractivity contribution < 1.29 is 40.1 Å². The molecule has 0 bridgehead atoms. The molecular weight excluding hydrogens is 296 g/mol. The summed E-state index contributed by atoms with van der Waals surface area (Å²) in [5.41, 5.74) is 0.694. The quantitative estimate of drug-likeness (QED) is 0.359. The number of rotatable bonds is 5. The van der Waals surface area contributed by atoms with Crippen LogP contribution >= 0.6 is 0 Å². The van der Waals surface area contributed by atoms with Gasteiger partial charge in [0.25, 0.3) is 0 Å². The molecule has 0 radical (unpaired) electrons. The van der Waals surface area contributed by atoms with Gasteiger partial charge in [-0.25, -0.2) is 0 Å². The van der Waals surface area contributed by atoms with Gasteiger partial charge in [0.2, 0.25) is 0 Å². The minimum Gasteiger partial charge on any atom is -0.504 e. The number of hydrogen-bond donors (Lipinski definition) is 6. The Balaban J connectivity index is 1.88. The number of aliphatic hydroxyl groups is 4. The largest absolute Gasteiger partial charge is 0.504 e. The molecule has 0 amide bonds. The van der Waals surface area contributed by atoms with Gasteiger partial charge in [0.15, 0.2) is 17.8 Å². The number of aliphatic hydroxyl groups excluding tert-OH is 4. The van der Waals surface area contributed by atoms with Gasteiger partial charge in [0, 0.05) is 0 Å². The Kier molecular flexibility index (Phi) is 5.57. The molecule has 1 aliphatic heterocycles. The summed E-state index contributed by atoms with van der Waals surface area (Å²) in [5, 5.41) is 56.7. The molecule has 0 aliphatic carbocycles. The van der Waals surface area contributed by atoms with Crippen LogP contribution in [0.4, 0.5) is 0 Å². The smallest absolute Gasteiger partial charge is 0.186 e. The normalized spacial score (nSPS) is 32.1. The summed E-state index contributed by atoms with van der Waals surface area (Å²) in [6.45, 7) is -0.413. The summed E-state index contributed by atoms with van der Waals surface area (Å²) in [5.74, 6) is -0.469. The van der Waals surface area contributed by atoms with E-state index in [1.807, 2.05) is 0 Å². The molecule has 1 aromatic rings. The van der Waals surface area contributed by atoms with Gasteiger partial charge in [-0.2, -0.15) is 0 Å². The van der Waals surface area contributed by atoms with Gasteiger partial charge in [-0.15, -0.1) is 0 Å². The molecule has 5 atom stereocenters. The summed E-state index contributed by atoms with van der Waals surface area (Å²) < 4.78 is 10.5. The Labute approximate surface area is 126 Å². The lowest BCUT2D eigenvalue weighted by molar-refractivity contribution is -0.300. The average Bonchev–Trinajstić information content (AvgIpc) is 2.51. The van der Waals surface area contributed by atoms with Crippen molar-refractivity contribution in [3.63, 3.8) is 0 Å². The lowest BCUT2D eigenvalue weighted by Crippen LogP contribution is -2.59. The first-order valence-corrected chi connectivity index (χ1v) is 6.87. The molecule has 1 aliphatic rings. The second kappa shape index (κ2) is 7.23. The molecule has 1 fully saturated rings. The SMILES string of the molecule is OCC1O[C@@H](OCCc2ccc(O)c(O)c2)C(O)[C@H](O)[C@@H]1O. The Morgan fingerprint density at radius 1 is 1.00 bits per heavy atom. The van der Waals surface area contributed by atoms with Gasteiger partial charge in [-0.05, 0) is 24.1 Å². The van der Waals surface area contributed by atoms with Crippen LogP contribution in [0.2, 0.25) is 0 Å². The van der Waals surface area contributed by atoms with Crippen molar-refractivity contribution in [2.24, 2.45) is 0 Å². The minimum absolute atomic E-state index is 0.104. The maximum atomic E-state index is 9.78. The number of ether oxygens (including phenoxy) is 2. The fourth-order valence-corrected chi connectivity index (χ4v) is 2.22. The summed E-state index contributed by atoms with van der Waals surface area (Å²) in [6.07, 6.45) is -6.17. The zero-order valence-corrected chi connectivity index (χ0v) is 11.7. The second-order valence-electron chi connectivity index (χ2n) is 5.14. The maximum Gasteiger partial charge on any atom is 0.186 e. The van der Waals surface area contributed by atoms with E-state index in [9.17, 15) is 25.5 Å². The zero-order chi connectivity index (χ0) is 16.3. The second-order valence-corrected chi connectivity index (χ2v) is 5.14. The van der Waals surface area contributed by atoms with E-state index in [4.69, 9.17) is 14.6 Å². The van der Waals surface area contributed by atoms with Gasteiger partial charge in [-0.1, -0.05) is 6.07 Å². The van der Waals surface area contributed by atoms with Crippen LogP contribution < -0.4 is 0 Å². The molecule has 124 valence electrons. The van der Waals surface area contributed by atoms with Crippen molar-refractivity contribution in [1.29, 1.82) is 0 Å². The third-order valence-corrected chi connectivity index (χ3v) is 3.56. The fourth-order valence-electron chi connectivity index (χ4n) is 2.22. The van der Waals surface area contributed by atoms with Crippen LogP contribution in [0, 0.1) is 0 Å². The average molecular weight is 316 g/mol. The Hall–Kier alpha value is -1.42. The van der Waals surface area contributed by atoms with Crippen molar-refractivity contribution in [2.45, 2.75) is 37.1 Å². The third-order valence-electron chi connectivity index (χ3n) is 3.56. The lowest BCUT2D eigenvalue weighted by Gasteiger charge is -2.39. The summed E-state index contributed by atoms with van der Waals surface area (Å²) in [7, 11) is 0.